The number of benzene rings is 2. The van der Waals surface area contributed by atoms with Crippen LogP contribution in [0.5, 0.6) is 23.0 Å². The largest absolute Gasteiger partial charge is 0.493 e. The summed E-state index contributed by atoms with van der Waals surface area (Å²) in [6.45, 7) is 1.13. The maximum atomic E-state index is 5.59. The lowest BCUT2D eigenvalue weighted by molar-refractivity contribution is -0.702. The summed E-state index contributed by atoms with van der Waals surface area (Å²) in [5, 5.41) is 2.33. The molecule has 2 N–H and O–H groups in total. The molecular formula is C21H21N2O4+. The molecule has 0 bridgehead atoms. The summed E-state index contributed by atoms with van der Waals surface area (Å²) in [6.07, 6.45) is 2.10. The van der Waals surface area contributed by atoms with Crippen LogP contribution < -0.4 is 24.3 Å². The maximum absolute atomic E-state index is 5.59. The van der Waals surface area contributed by atoms with Gasteiger partial charge >= 0.3 is 0 Å². The van der Waals surface area contributed by atoms with Crippen LogP contribution in [0.25, 0.3) is 5.69 Å². The van der Waals surface area contributed by atoms with Gasteiger partial charge in [-0.25, -0.2) is 0 Å². The van der Waals surface area contributed by atoms with E-state index >= 15 is 0 Å². The van der Waals surface area contributed by atoms with Crippen molar-refractivity contribution in [2.75, 3.05) is 21.0 Å². The van der Waals surface area contributed by atoms with Gasteiger partial charge in [-0.05, 0) is 36.4 Å². The summed E-state index contributed by atoms with van der Waals surface area (Å²) in [7, 11) is 3.32. The van der Waals surface area contributed by atoms with Gasteiger partial charge < -0.3 is 28.8 Å². The molecule has 0 aliphatic carbocycles. The third-order valence-corrected chi connectivity index (χ3v) is 5.27. The molecule has 3 heterocycles. The minimum Gasteiger partial charge on any atom is -0.493 e. The van der Waals surface area contributed by atoms with Gasteiger partial charge in [0.1, 0.15) is 6.54 Å². The first-order chi connectivity index (χ1) is 13.3. The predicted octanol–water partition coefficient (Wildman–Crippen LogP) is 2.39. The van der Waals surface area contributed by atoms with Gasteiger partial charge in [-0.2, -0.15) is 0 Å². The molecule has 6 nitrogen and oxygen atoms in total. The number of nitrogens with two attached hydrogens (primary N) is 1. The van der Waals surface area contributed by atoms with Crippen LogP contribution in [0.15, 0.2) is 48.7 Å². The lowest BCUT2D eigenvalue weighted by Crippen LogP contribution is -2.83. The molecule has 138 valence electrons. The molecule has 2 aromatic carbocycles. The topological polar surface area (TPSA) is 58.5 Å². The average Bonchev–Trinajstić information content (AvgIpc) is 3.33. The van der Waals surface area contributed by atoms with Crippen LogP contribution >= 0.6 is 0 Å². The fraction of sp³-hybridized carbons (Fsp3) is 0.238. The van der Waals surface area contributed by atoms with Crippen molar-refractivity contribution in [2.24, 2.45) is 0 Å². The molecule has 0 fully saturated rings. The predicted molar refractivity (Wildman–Crippen MR) is 98.9 cm³/mol. The van der Waals surface area contributed by atoms with E-state index in [0.29, 0.717) is 0 Å². The first-order valence-corrected chi connectivity index (χ1v) is 8.94. The van der Waals surface area contributed by atoms with Crippen molar-refractivity contribution in [1.82, 2.24) is 4.57 Å². The van der Waals surface area contributed by atoms with E-state index in [1.165, 1.54) is 16.8 Å². The number of ether oxygens (including phenoxy) is 4. The number of fused-ring (bicyclic) bond motifs is 4. The minimum atomic E-state index is 0.142. The Bertz CT molecular complexity index is 1010. The first-order valence-electron chi connectivity index (χ1n) is 8.94. The van der Waals surface area contributed by atoms with Gasteiger partial charge in [0.2, 0.25) is 6.79 Å². The summed E-state index contributed by atoms with van der Waals surface area (Å²) < 4.78 is 24.3. The Labute approximate surface area is 157 Å². The van der Waals surface area contributed by atoms with E-state index in [-0.39, 0.29) is 12.8 Å². The Hall–Kier alpha value is -3.12. The number of methoxy groups -OCH3 is 2. The van der Waals surface area contributed by atoms with Crippen LogP contribution in [0, 0.1) is 0 Å². The second kappa shape index (κ2) is 6.25. The van der Waals surface area contributed by atoms with E-state index < -0.39 is 0 Å². The number of quaternary nitrogens is 1. The van der Waals surface area contributed by atoms with Gasteiger partial charge in [0.05, 0.1) is 25.6 Å². The molecule has 2 aliphatic rings. The molecule has 27 heavy (non-hydrogen) atoms. The highest BCUT2D eigenvalue weighted by atomic mass is 16.7. The van der Waals surface area contributed by atoms with Crippen LogP contribution in [-0.2, 0) is 6.54 Å². The van der Waals surface area contributed by atoms with E-state index in [0.717, 1.165) is 35.2 Å². The highest BCUT2D eigenvalue weighted by molar-refractivity contribution is 5.57. The van der Waals surface area contributed by atoms with E-state index in [1.807, 2.05) is 6.07 Å². The molecule has 1 aromatic heterocycles. The van der Waals surface area contributed by atoms with Crippen LogP contribution in [0.1, 0.15) is 22.9 Å². The summed E-state index contributed by atoms with van der Waals surface area (Å²) in [6, 6.07) is 14.7. The van der Waals surface area contributed by atoms with Crippen molar-refractivity contribution in [3.8, 4) is 28.7 Å². The third-order valence-electron chi connectivity index (χ3n) is 5.27. The lowest BCUT2D eigenvalue weighted by Gasteiger charge is -2.17. The number of hydrogen-bond donors (Lipinski definition) is 1. The molecule has 3 aromatic rings. The lowest BCUT2D eigenvalue weighted by atomic mass is 10.0. The van der Waals surface area contributed by atoms with Gasteiger partial charge in [0, 0.05) is 23.4 Å². The molecule has 0 unspecified atom stereocenters. The molecule has 6 heteroatoms. The molecular weight excluding hydrogens is 344 g/mol. The zero-order chi connectivity index (χ0) is 18.4. The second-order valence-corrected chi connectivity index (χ2v) is 6.67. The molecule has 0 amide bonds. The Morgan fingerprint density at radius 1 is 1.00 bits per heavy atom. The van der Waals surface area contributed by atoms with Crippen LogP contribution in [0.3, 0.4) is 0 Å². The van der Waals surface area contributed by atoms with Gasteiger partial charge in [-0.3, -0.25) is 0 Å². The number of nitrogens with zero attached hydrogens (tertiary/aromatic N) is 1. The van der Waals surface area contributed by atoms with Gasteiger partial charge in [0.25, 0.3) is 0 Å². The highest BCUT2D eigenvalue weighted by Crippen LogP contribution is 2.38. The fourth-order valence-electron chi connectivity index (χ4n) is 3.95. The maximum Gasteiger partial charge on any atom is 0.231 e. The smallest absolute Gasteiger partial charge is 0.231 e. The summed E-state index contributed by atoms with van der Waals surface area (Å²) in [4.78, 5) is 0. The molecule has 2 aliphatic heterocycles. The number of rotatable bonds is 3. The third kappa shape index (κ3) is 2.52. The van der Waals surface area contributed by atoms with Crippen LogP contribution in [0.2, 0.25) is 0 Å². The number of aromatic nitrogens is 1. The second-order valence-electron chi connectivity index (χ2n) is 6.67. The summed E-state index contributed by atoms with van der Waals surface area (Å²) in [5.41, 5.74) is 4.73. The average molecular weight is 365 g/mol. The zero-order valence-electron chi connectivity index (χ0n) is 15.3. The normalized spacial score (nSPS) is 17.0. The summed E-state index contributed by atoms with van der Waals surface area (Å²) in [5.74, 6) is 3.10. The zero-order valence-corrected chi connectivity index (χ0v) is 15.3. The molecule has 0 saturated heterocycles. The monoisotopic (exact) mass is 365 g/mol. The summed E-state index contributed by atoms with van der Waals surface area (Å²) >= 11 is 0. The van der Waals surface area contributed by atoms with Crippen molar-refractivity contribution in [3.63, 3.8) is 0 Å². The minimum absolute atomic E-state index is 0.142. The number of hydrogen-bond acceptors (Lipinski definition) is 4. The van der Waals surface area contributed by atoms with E-state index in [2.05, 4.69) is 52.5 Å². The van der Waals surface area contributed by atoms with Gasteiger partial charge in [0.15, 0.2) is 29.0 Å². The van der Waals surface area contributed by atoms with Crippen LogP contribution in [-0.4, -0.2) is 25.6 Å². The van der Waals surface area contributed by atoms with Crippen molar-refractivity contribution < 1.29 is 24.3 Å². The SMILES string of the molecule is COc1ccc([C@H]2[NH2+]Cc3cc4c(cc3-n3cccc32)OCO4)cc1OC. The fourth-order valence-corrected chi connectivity index (χ4v) is 3.95. The van der Waals surface area contributed by atoms with Crippen molar-refractivity contribution >= 4 is 0 Å². The highest BCUT2D eigenvalue weighted by Gasteiger charge is 2.29. The standard InChI is InChI=1S/C21H20N2O4/c1-24-17-6-5-13(8-18(17)25-2)21-15-4-3-7-23(15)16-10-20-19(26-12-27-20)9-14(16)11-22-21/h3-10,21-22H,11-12H2,1-2H3/p+1/t21-/m1/s1. The Morgan fingerprint density at radius 3 is 2.63 bits per heavy atom. The van der Waals surface area contributed by atoms with E-state index in [4.69, 9.17) is 18.9 Å². The first kappa shape index (κ1) is 16.1. The Kier molecular flexibility index (Phi) is 3.72. The Morgan fingerprint density at radius 2 is 1.81 bits per heavy atom. The van der Waals surface area contributed by atoms with Crippen molar-refractivity contribution in [2.45, 2.75) is 12.6 Å². The molecule has 5 rings (SSSR count). The molecule has 0 radical (unpaired) electrons. The quantitative estimate of drug-likeness (QED) is 0.774. The molecule has 1 atom stereocenters. The van der Waals surface area contributed by atoms with Crippen LogP contribution in [0.4, 0.5) is 0 Å². The van der Waals surface area contributed by atoms with E-state index in [9.17, 15) is 0 Å². The van der Waals surface area contributed by atoms with Gasteiger partial charge in [-0.1, -0.05) is 0 Å². The van der Waals surface area contributed by atoms with Gasteiger partial charge in [-0.15, -0.1) is 0 Å². The van der Waals surface area contributed by atoms with E-state index in [1.54, 1.807) is 14.2 Å². The van der Waals surface area contributed by atoms with Crippen molar-refractivity contribution in [1.29, 1.82) is 0 Å². The molecule has 0 spiro atoms. The molecule has 0 saturated carbocycles. The Balaban J connectivity index is 1.61. The van der Waals surface area contributed by atoms with Crippen molar-refractivity contribution in [3.05, 3.63) is 65.5 Å².